The minimum absolute atomic E-state index is 0.0516. The van der Waals surface area contributed by atoms with Gasteiger partial charge in [0.15, 0.2) is 0 Å². The summed E-state index contributed by atoms with van der Waals surface area (Å²) in [6, 6.07) is 5.26. The Morgan fingerprint density at radius 1 is 1.32 bits per heavy atom. The van der Waals surface area contributed by atoms with Crippen molar-refractivity contribution < 1.29 is 13.2 Å². The van der Waals surface area contributed by atoms with E-state index in [0.717, 1.165) is 31.1 Å². The third-order valence-electron chi connectivity index (χ3n) is 3.89. The van der Waals surface area contributed by atoms with Gasteiger partial charge >= 0.3 is 0 Å². The van der Waals surface area contributed by atoms with Gasteiger partial charge in [-0.1, -0.05) is 12.5 Å². The van der Waals surface area contributed by atoms with Crippen molar-refractivity contribution >= 4 is 27.3 Å². The van der Waals surface area contributed by atoms with Crippen LogP contribution in [0.3, 0.4) is 0 Å². The summed E-state index contributed by atoms with van der Waals surface area (Å²) in [5, 5.41) is 2.86. The third kappa shape index (κ3) is 4.71. The standard InChI is InChI=1S/C15H23N3O3S/c1-10-6-7-13(9-14(10)18-22(2,20)21)17-15(19)11-4-3-5-12(16)8-11/h6-7,9,11-12,18H,3-5,8,16H2,1-2H3,(H,17,19). The maximum atomic E-state index is 12.3. The third-order valence-corrected chi connectivity index (χ3v) is 4.48. The molecule has 0 radical (unpaired) electrons. The SMILES string of the molecule is Cc1ccc(NC(=O)C2CCCC(N)C2)cc1NS(C)(=O)=O. The Morgan fingerprint density at radius 3 is 2.68 bits per heavy atom. The molecule has 6 nitrogen and oxygen atoms in total. The van der Waals surface area contributed by atoms with Gasteiger partial charge in [-0.3, -0.25) is 9.52 Å². The Morgan fingerprint density at radius 2 is 2.05 bits per heavy atom. The fourth-order valence-electron chi connectivity index (χ4n) is 2.72. The second kappa shape index (κ2) is 6.66. The fraction of sp³-hybridized carbons (Fsp3) is 0.533. The summed E-state index contributed by atoms with van der Waals surface area (Å²) in [4.78, 5) is 12.3. The lowest BCUT2D eigenvalue weighted by molar-refractivity contribution is -0.120. The van der Waals surface area contributed by atoms with E-state index in [2.05, 4.69) is 10.0 Å². The van der Waals surface area contributed by atoms with Gasteiger partial charge in [0.25, 0.3) is 0 Å². The Kier molecular flexibility index (Phi) is 5.08. The van der Waals surface area contributed by atoms with E-state index in [1.54, 1.807) is 25.1 Å². The highest BCUT2D eigenvalue weighted by Crippen LogP contribution is 2.26. The van der Waals surface area contributed by atoms with Gasteiger partial charge in [0.1, 0.15) is 0 Å². The van der Waals surface area contributed by atoms with E-state index in [4.69, 9.17) is 5.73 Å². The summed E-state index contributed by atoms with van der Waals surface area (Å²) in [5.74, 6) is -0.124. The maximum absolute atomic E-state index is 12.3. The number of anilines is 2. The van der Waals surface area contributed by atoms with E-state index < -0.39 is 10.0 Å². The van der Waals surface area contributed by atoms with Crippen molar-refractivity contribution in [3.05, 3.63) is 23.8 Å². The molecule has 22 heavy (non-hydrogen) atoms. The zero-order chi connectivity index (χ0) is 16.3. The van der Waals surface area contributed by atoms with Crippen molar-refractivity contribution in [3.63, 3.8) is 0 Å². The first-order valence-corrected chi connectivity index (χ1v) is 9.28. The molecule has 1 aliphatic rings. The minimum Gasteiger partial charge on any atom is -0.328 e. The maximum Gasteiger partial charge on any atom is 0.229 e. The highest BCUT2D eigenvalue weighted by molar-refractivity contribution is 7.92. The number of hydrogen-bond donors (Lipinski definition) is 3. The molecule has 2 unspecified atom stereocenters. The monoisotopic (exact) mass is 325 g/mol. The van der Waals surface area contributed by atoms with E-state index in [1.165, 1.54) is 0 Å². The number of rotatable bonds is 4. The molecule has 0 heterocycles. The van der Waals surface area contributed by atoms with Crippen molar-refractivity contribution in [3.8, 4) is 0 Å². The second-order valence-corrected chi connectivity index (χ2v) is 7.77. The summed E-state index contributed by atoms with van der Waals surface area (Å²) in [6.45, 7) is 1.80. The van der Waals surface area contributed by atoms with Crippen LogP contribution in [0.5, 0.6) is 0 Å². The molecule has 0 aromatic heterocycles. The number of benzene rings is 1. The number of nitrogens with two attached hydrogens (primary N) is 1. The molecule has 122 valence electrons. The molecule has 2 rings (SSSR count). The molecule has 1 aromatic rings. The largest absolute Gasteiger partial charge is 0.328 e. The summed E-state index contributed by atoms with van der Waals surface area (Å²) in [7, 11) is -3.35. The number of nitrogens with one attached hydrogen (secondary N) is 2. The van der Waals surface area contributed by atoms with Crippen LogP contribution >= 0.6 is 0 Å². The van der Waals surface area contributed by atoms with Crippen LogP contribution < -0.4 is 15.8 Å². The zero-order valence-electron chi connectivity index (χ0n) is 12.9. The van der Waals surface area contributed by atoms with Crippen LogP contribution in [-0.4, -0.2) is 26.6 Å². The van der Waals surface area contributed by atoms with Crippen LogP contribution in [0, 0.1) is 12.8 Å². The molecule has 1 saturated carbocycles. The molecule has 1 fully saturated rings. The lowest BCUT2D eigenvalue weighted by Crippen LogP contribution is -2.34. The van der Waals surface area contributed by atoms with Crippen LogP contribution in [0.15, 0.2) is 18.2 Å². The quantitative estimate of drug-likeness (QED) is 0.786. The van der Waals surface area contributed by atoms with Gasteiger partial charge in [-0.2, -0.15) is 0 Å². The Balaban J connectivity index is 2.09. The van der Waals surface area contributed by atoms with Gasteiger partial charge in [0, 0.05) is 17.6 Å². The summed E-state index contributed by atoms with van der Waals surface area (Å²) in [5.41, 5.74) is 7.76. The number of hydrogen-bond acceptors (Lipinski definition) is 4. The Hall–Kier alpha value is -1.60. The molecule has 2 atom stereocenters. The first-order chi connectivity index (χ1) is 10.2. The van der Waals surface area contributed by atoms with Crippen molar-refractivity contribution in [2.24, 2.45) is 11.7 Å². The summed E-state index contributed by atoms with van der Waals surface area (Å²) in [6.07, 6.45) is 4.58. The van der Waals surface area contributed by atoms with Gasteiger partial charge in [0.2, 0.25) is 15.9 Å². The molecule has 0 saturated heterocycles. The molecule has 0 spiro atoms. The highest BCUT2D eigenvalue weighted by Gasteiger charge is 2.25. The second-order valence-electron chi connectivity index (χ2n) is 6.02. The zero-order valence-corrected chi connectivity index (χ0v) is 13.7. The molecule has 1 aliphatic carbocycles. The van der Waals surface area contributed by atoms with Crippen molar-refractivity contribution in [1.29, 1.82) is 0 Å². The van der Waals surface area contributed by atoms with Gasteiger partial charge in [-0.25, -0.2) is 8.42 Å². The Bertz CT molecular complexity index is 658. The predicted octanol–water partition coefficient (Wildman–Crippen LogP) is 1.82. The first kappa shape index (κ1) is 16.8. The topological polar surface area (TPSA) is 101 Å². The number of carbonyl (C=O) groups excluding carboxylic acids is 1. The average molecular weight is 325 g/mol. The number of sulfonamides is 1. The minimum atomic E-state index is -3.35. The van der Waals surface area contributed by atoms with Crippen LogP contribution in [0.1, 0.15) is 31.2 Å². The molecular weight excluding hydrogens is 302 g/mol. The molecule has 4 N–H and O–H groups in total. The summed E-state index contributed by atoms with van der Waals surface area (Å²) < 4.78 is 25.2. The van der Waals surface area contributed by atoms with Crippen molar-refractivity contribution in [2.45, 2.75) is 38.6 Å². The van der Waals surface area contributed by atoms with E-state index in [0.29, 0.717) is 17.8 Å². The average Bonchev–Trinajstić information content (AvgIpc) is 2.41. The lowest BCUT2D eigenvalue weighted by Gasteiger charge is -2.25. The van der Waals surface area contributed by atoms with Gasteiger partial charge in [0.05, 0.1) is 11.9 Å². The van der Waals surface area contributed by atoms with Crippen LogP contribution in [0.2, 0.25) is 0 Å². The molecule has 0 aliphatic heterocycles. The van der Waals surface area contributed by atoms with Crippen molar-refractivity contribution in [2.75, 3.05) is 16.3 Å². The molecule has 1 amide bonds. The smallest absolute Gasteiger partial charge is 0.229 e. The van der Waals surface area contributed by atoms with Crippen LogP contribution in [0.4, 0.5) is 11.4 Å². The van der Waals surface area contributed by atoms with Crippen LogP contribution in [0.25, 0.3) is 0 Å². The number of carbonyl (C=O) groups is 1. The number of aryl methyl sites for hydroxylation is 1. The van der Waals surface area contributed by atoms with Gasteiger partial charge in [-0.15, -0.1) is 0 Å². The summed E-state index contributed by atoms with van der Waals surface area (Å²) >= 11 is 0. The molecule has 7 heteroatoms. The van der Waals surface area contributed by atoms with E-state index in [-0.39, 0.29) is 17.9 Å². The van der Waals surface area contributed by atoms with Gasteiger partial charge < -0.3 is 11.1 Å². The molecule has 0 bridgehead atoms. The van der Waals surface area contributed by atoms with Crippen molar-refractivity contribution in [1.82, 2.24) is 0 Å². The van der Waals surface area contributed by atoms with E-state index >= 15 is 0 Å². The highest BCUT2D eigenvalue weighted by atomic mass is 32.2. The first-order valence-electron chi connectivity index (χ1n) is 7.39. The molecule has 1 aromatic carbocycles. The van der Waals surface area contributed by atoms with Gasteiger partial charge in [-0.05, 0) is 43.9 Å². The Labute approximate surface area is 131 Å². The van der Waals surface area contributed by atoms with E-state index in [9.17, 15) is 13.2 Å². The van der Waals surface area contributed by atoms with E-state index in [1.807, 2.05) is 0 Å². The lowest BCUT2D eigenvalue weighted by atomic mass is 9.85. The number of amides is 1. The normalized spacial score (nSPS) is 22.1. The predicted molar refractivity (Wildman–Crippen MR) is 88.2 cm³/mol. The molecular formula is C15H23N3O3S. The van der Waals surface area contributed by atoms with Crippen LogP contribution in [-0.2, 0) is 14.8 Å². The fourth-order valence-corrected chi connectivity index (χ4v) is 3.34.